The highest BCUT2D eigenvalue weighted by molar-refractivity contribution is 6.36. The molecule has 10 nitrogen and oxygen atoms in total. The Hall–Kier alpha value is -3.63. The summed E-state index contributed by atoms with van der Waals surface area (Å²) in [5.74, 6) is 0.394. The van der Waals surface area contributed by atoms with E-state index in [1.807, 2.05) is 24.3 Å². The molecule has 0 aliphatic carbocycles. The molecule has 0 fully saturated rings. The quantitative estimate of drug-likeness (QED) is 0.334. The van der Waals surface area contributed by atoms with Gasteiger partial charge in [0.25, 0.3) is 5.91 Å². The maximum Gasteiger partial charge on any atom is 0.260 e. The fraction of sp³-hybridized carbons (Fsp3) is 0.105. The highest BCUT2D eigenvalue weighted by Crippen LogP contribution is 2.31. The van der Waals surface area contributed by atoms with Crippen LogP contribution in [0.2, 0.25) is 10.0 Å². The molecule has 0 aliphatic rings. The number of aromatic nitrogens is 4. The minimum Gasteiger partial charge on any atom is -0.495 e. The lowest BCUT2D eigenvalue weighted by atomic mass is 10.2. The van der Waals surface area contributed by atoms with Gasteiger partial charge in [0.2, 0.25) is 0 Å². The van der Waals surface area contributed by atoms with Crippen molar-refractivity contribution >= 4 is 52.2 Å². The van der Waals surface area contributed by atoms with E-state index in [1.54, 1.807) is 16.7 Å². The number of ether oxygens (including phenoxy) is 1. The minimum absolute atomic E-state index is 0.0694. The number of hydrogen-bond acceptors (Lipinski definition) is 8. The van der Waals surface area contributed by atoms with Crippen LogP contribution in [-0.2, 0) is 11.3 Å². The minimum atomic E-state index is -0.414. The number of benzene rings is 2. The number of methoxy groups -OCH3 is 1. The molecule has 1 amide bonds. The van der Waals surface area contributed by atoms with Crippen molar-refractivity contribution in [1.29, 1.82) is 0 Å². The molecular formula is C19H15Cl2N7O3. The molecule has 0 unspecified atom stereocenters. The van der Waals surface area contributed by atoms with Crippen LogP contribution in [0.3, 0.4) is 0 Å². The number of amides is 1. The van der Waals surface area contributed by atoms with E-state index in [1.165, 1.54) is 13.3 Å². The van der Waals surface area contributed by atoms with Gasteiger partial charge in [-0.3, -0.25) is 4.79 Å². The average molecular weight is 460 g/mol. The second-order valence-corrected chi connectivity index (χ2v) is 7.16. The molecule has 0 saturated heterocycles. The summed E-state index contributed by atoms with van der Waals surface area (Å²) < 4.78 is 11.6. The molecule has 0 saturated carbocycles. The van der Waals surface area contributed by atoms with E-state index in [9.17, 15) is 4.79 Å². The van der Waals surface area contributed by atoms with Gasteiger partial charge in [0.05, 0.1) is 29.4 Å². The Balaban J connectivity index is 1.59. The van der Waals surface area contributed by atoms with Crippen molar-refractivity contribution in [3.05, 3.63) is 52.0 Å². The maximum absolute atomic E-state index is 12.6. The summed E-state index contributed by atoms with van der Waals surface area (Å²) in [5, 5.41) is 12.1. The number of carbonyl (C=O) groups excluding carboxylic acids is 1. The van der Waals surface area contributed by atoms with Crippen LogP contribution in [0, 0.1) is 0 Å². The Morgan fingerprint density at radius 3 is 2.87 bits per heavy atom. The van der Waals surface area contributed by atoms with Crippen molar-refractivity contribution in [2.45, 2.75) is 6.54 Å². The molecule has 0 spiro atoms. The summed E-state index contributed by atoms with van der Waals surface area (Å²) in [7, 11) is 1.47. The number of anilines is 1. The Morgan fingerprint density at radius 1 is 1.32 bits per heavy atom. The summed E-state index contributed by atoms with van der Waals surface area (Å²) in [5.41, 5.74) is 10.4. The van der Waals surface area contributed by atoms with E-state index < -0.39 is 5.91 Å². The van der Waals surface area contributed by atoms with Gasteiger partial charge in [-0.2, -0.15) is 5.10 Å². The predicted molar refractivity (Wildman–Crippen MR) is 116 cm³/mol. The number of para-hydroxylation sites is 2. The first-order valence-corrected chi connectivity index (χ1v) is 9.62. The van der Waals surface area contributed by atoms with E-state index in [0.717, 1.165) is 0 Å². The van der Waals surface area contributed by atoms with E-state index >= 15 is 0 Å². The number of fused-ring (bicyclic) bond motifs is 1. The van der Waals surface area contributed by atoms with Crippen LogP contribution < -0.4 is 15.9 Å². The highest BCUT2D eigenvalue weighted by atomic mass is 35.5. The zero-order valence-corrected chi connectivity index (χ0v) is 17.6. The number of halogens is 2. The number of hydrazone groups is 1. The fourth-order valence-electron chi connectivity index (χ4n) is 3.01. The van der Waals surface area contributed by atoms with Crippen LogP contribution >= 0.6 is 23.2 Å². The zero-order valence-electron chi connectivity index (χ0n) is 16.0. The lowest BCUT2D eigenvalue weighted by Gasteiger charge is -2.08. The molecule has 2 heterocycles. The van der Waals surface area contributed by atoms with Crippen LogP contribution in [0.5, 0.6) is 5.75 Å². The van der Waals surface area contributed by atoms with E-state index in [2.05, 4.69) is 30.5 Å². The third-order valence-electron chi connectivity index (χ3n) is 4.32. The first-order valence-electron chi connectivity index (χ1n) is 8.86. The van der Waals surface area contributed by atoms with Crippen LogP contribution in [0.25, 0.3) is 22.6 Å². The molecule has 12 heteroatoms. The van der Waals surface area contributed by atoms with Crippen molar-refractivity contribution < 1.29 is 14.2 Å². The van der Waals surface area contributed by atoms with E-state index in [4.69, 9.17) is 33.7 Å². The largest absolute Gasteiger partial charge is 0.495 e. The third-order valence-corrected chi connectivity index (χ3v) is 4.82. The van der Waals surface area contributed by atoms with Gasteiger partial charge in [-0.15, -0.1) is 0 Å². The lowest BCUT2D eigenvalue weighted by Crippen LogP contribution is -2.23. The van der Waals surface area contributed by atoms with Gasteiger partial charge in [0, 0.05) is 10.6 Å². The van der Waals surface area contributed by atoms with Crippen LogP contribution in [-0.4, -0.2) is 39.1 Å². The van der Waals surface area contributed by atoms with Gasteiger partial charge in [-0.25, -0.2) is 15.0 Å². The van der Waals surface area contributed by atoms with Crippen LogP contribution in [0.1, 0.15) is 5.56 Å². The summed E-state index contributed by atoms with van der Waals surface area (Å²) in [6, 6.07) is 10.5. The molecular weight excluding hydrogens is 445 g/mol. The summed E-state index contributed by atoms with van der Waals surface area (Å²) in [4.78, 5) is 17.1. The number of imidazole rings is 1. The number of hydrogen-bond donors (Lipinski definition) is 2. The number of carbonyl (C=O) groups is 1. The average Bonchev–Trinajstić information content (AvgIpc) is 3.31. The topological polar surface area (TPSA) is 133 Å². The second kappa shape index (κ2) is 8.62. The Bertz CT molecular complexity index is 1300. The fourth-order valence-corrected chi connectivity index (χ4v) is 3.60. The number of nitrogens with two attached hydrogens (primary N) is 1. The monoisotopic (exact) mass is 459 g/mol. The van der Waals surface area contributed by atoms with Crippen molar-refractivity contribution in [3.8, 4) is 17.3 Å². The first-order chi connectivity index (χ1) is 15.0. The summed E-state index contributed by atoms with van der Waals surface area (Å²) >= 11 is 12.1. The van der Waals surface area contributed by atoms with Crippen molar-refractivity contribution in [1.82, 2.24) is 25.3 Å². The van der Waals surface area contributed by atoms with Crippen LogP contribution in [0.4, 0.5) is 5.82 Å². The van der Waals surface area contributed by atoms with Gasteiger partial charge in [0.1, 0.15) is 12.3 Å². The smallest absolute Gasteiger partial charge is 0.260 e. The maximum atomic E-state index is 12.6. The molecule has 4 rings (SSSR count). The van der Waals surface area contributed by atoms with Gasteiger partial charge in [-0.1, -0.05) is 35.3 Å². The second-order valence-electron chi connectivity index (χ2n) is 6.31. The molecule has 2 aromatic heterocycles. The molecule has 31 heavy (non-hydrogen) atoms. The summed E-state index contributed by atoms with van der Waals surface area (Å²) in [6.07, 6.45) is 1.39. The number of rotatable bonds is 6. The Morgan fingerprint density at radius 2 is 2.13 bits per heavy atom. The third kappa shape index (κ3) is 4.16. The lowest BCUT2D eigenvalue weighted by molar-refractivity contribution is -0.121. The molecule has 3 N–H and O–H groups in total. The molecule has 0 bridgehead atoms. The Kier molecular flexibility index (Phi) is 5.74. The molecule has 0 radical (unpaired) electrons. The molecule has 158 valence electrons. The van der Waals surface area contributed by atoms with Crippen molar-refractivity contribution in [2.75, 3.05) is 12.8 Å². The summed E-state index contributed by atoms with van der Waals surface area (Å²) in [6.45, 7) is -0.104. The molecule has 0 atom stereocenters. The number of nitrogens with one attached hydrogen (secondary N) is 1. The van der Waals surface area contributed by atoms with E-state index in [-0.39, 0.29) is 18.1 Å². The predicted octanol–water partition coefficient (Wildman–Crippen LogP) is 3.13. The van der Waals surface area contributed by atoms with Crippen molar-refractivity contribution in [3.63, 3.8) is 0 Å². The van der Waals surface area contributed by atoms with Gasteiger partial charge in [-0.05, 0) is 34.6 Å². The first kappa shape index (κ1) is 20.6. The van der Waals surface area contributed by atoms with E-state index in [0.29, 0.717) is 38.2 Å². The van der Waals surface area contributed by atoms with Gasteiger partial charge in [0.15, 0.2) is 17.3 Å². The number of nitrogen functional groups attached to an aromatic ring is 1. The number of nitrogens with zero attached hydrogens (tertiary/aromatic N) is 5. The van der Waals surface area contributed by atoms with Crippen LogP contribution in [0.15, 0.2) is 46.1 Å². The van der Waals surface area contributed by atoms with Gasteiger partial charge < -0.3 is 15.0 Å². The molecule has 4 aromatic rings. The Labute approximate surface area is 185 Å². The standard InChI is InChI=1S/C19H15Cl2N7O3/c1-30-17-10(6-11(20)7-12(17)21)8-23-25-15(29)9-28-14-5-3-2-4-13(14)24-19(28)16-18(22)27-31-26-16/h2-8H,9H2,1H3,(H2,22,27)(H,25,29). The zero-order chi connectivity index (χ0) is 22.0. The molecule has 2 aromatic carbocycles. The highest BCUT2D eigenvalue weighted by Gasteiger charge is 2.20. The molecule has 0 aliphatic heterocycles. The normalized spacial score (nSPS) is 11.3. The van der Waals surface area contributed by atoms with Crippen molar-refractivity contribution in [2.24, 2.45) is 5.10 Å². The SMILES string of the molecule is COc1c(Cl)cc(Cl)cc1C=NNC(=O)Cn1c(-c2nonc2N)nc2ccccc21. The van der Waals surface area contributed by atoms with Gasteiger partial charge >= 0.3 is 0 Å².